The van der Waals surface area contributed by atoms with Crippen LogP contribution in [0.15, 0.2) is 36.4 Å². The quantitative estimate of drug-likeness (QED) is 0.616. The van der Waals surface area contributed by atoms with Crippen molar-refractivity contribution in [2.45, 2.75) is 13.2 Å². The molecule has 0 aliphatic rings. The molecule has 9 nitrogen and oxygen atoms in total. The Bertz CT molecular complexity index is 697. The van der Waals surface area contributed by atoms with E-state index in [1.807, 2.05) is 0 Å². The standard InChI is InChI=1S/C14H12N2O7/c17-13-3-1-11(15(19)20)5-9(13)7-23-8-10-6-12(16(21)22)2-4-14(10)18/h1-6,17-18H,7-8H2. The minimum atomic E-state index is -0.602. The molecule has 2 aromatic rings. The molecule has 120 valence electrons. The molecular formula is C14H12N2O7. The number of phenols is 2. The first-order valence-corrected chi connectivity index (χ1v) is 6.39. The molecule has 0 bridgehead atoms. The molecule has 0 heterocycles. The van der Waals surface area contributed by atoms with Gasteiger partial charge in [0, 0.05) is 35.4 Å². The van der Waals surface area contributed by atoms with E-state index >= 15 is 0 Å². The average Bonchev–Trinajstić information content (AvgIpc) is 2.50. The highest BCUT2D eigenvalue weighted by molar-refractivity contribution is 5.43. The molecule has 9 heteroatoms. The Morgan fingerprint density at radius 2 is 1.22 bits per heavy atom. The number of phenolic OH excluding ortho intramolecular Hbond substituents is 2. The monoisotopic (exact) mass is 320 g/mol. The van der Waals surface area contributed by atoms with E-state index in [4.69, 9.17) is 4.74 Å². The van der Waals surface area contributed by atoms with Crippen LogP contribution in [0.25, 0.3) is 0 Å². The van der Waals surface area contributed by atoms with Gasteiger partial charge in [-0.15, -0.1) is 0 Å². The van der Waals surface area contributed by atoms with E-state index in [0.717, 1.165) is 12.1 Å². The Hall–Kier alpha value is -3.20. The third kappa shape index (κ3) is 3.92. The van der Waals surface area contributed by atoms with Gasteiger partial charge in [0.25, 0.3) is 11.4 Å². The summed E-state index contributed by atoms with van der Waals surface area (Å²) in [6.45, 7) is -0.314. The van der Waals surface area contributed by atoms with E-state index in [-0.39, 0.29) is 47.2 Å². The van der Waals surface area contributed by atoms with Crippen molar-refractivity contribution >= 4 is 11.4 Å². The molecule has 0 aliphatic heterocycles. The van der Waals surface area contributed by atoms with Gasteiger partial charge in [-0.1, -0.05) is 0 Å². The SMILES string of the molecule is O=[N+]([O-])c1ccc(O)c(COCc2cc([N+](=O)[O-])ccc2O)c1. The summed E-state index contributed by atoms with van der Waals surface area (Å²) in [5.41, 5.74) is 0.00688. The first-order chi connectivity index (χ1) is 10.9. The van der Waals surface area contributed by atoms with Crippen LogP contribution in [-0.2, 0) is 18.0 Å². The summed E-state index contributed by atoms with van der Waals surface area (Å²) < 4.78 is 5.27. The molecule has 0 fully saturated rings. The van der Waals surface area contributed by atoms with E-state index < -0.39 is 9.85 Å². The molecule has 0 saturated heterocycles. The summed E-state index contributed by atoms with van der Waals surface area (Å²) >= 11 is 0. The molecule has 0 aliphatic carbocycles. The number of non-ortho nitro benzene ring substituents is 2. The maximum Gasteiger partial charge on any atom is 0.270 e. The lowest BCUT2D eigenvalue weighted by Gasteiger charge is -2.08. The Morgan fingerprint density at radius 1 is 0.826 bits per heavy atom. The lowest BCUT2D eigenvalue weighted by atomic mass is 10.2. The highest BCUT2D eigenvalue weighted by Gasteiger charge is 2.13. The zero-order valence-corrected chi connectivity index (χ0v) is 11.7. The van der Waals surface area contributed by atoms with Crippen molar-refractivity contribution in [3.63, 3.8) is 0 Å². The summed E-state index contributed by atoms with van der Waals surface area (Å²) in [6, 6.07) is 7.02. The summed E-state index contributed by atoms with van der Waals surface area (Å²) in [4.78, 5) is 20.2. The molecule has 0 spiro atoms. The zero-order valence-electron chi connectivity index (χ0n) is 11.7. The Balaban J connectivity index is 2.08. The highest BCUT2D eigenvalue weighted by Crippen LogP contribution is 2.26. The maximum atomic E-state index is 10.7. The predicted octanol–water partition coefficient (Wildman–Crippen LogP) is 2.63. The maximum absolute atomic E-state index is 10.7. The van der Waals surface area contributed by atoms with Gasteiger partial charge in [-0.25, -0.2) is 0 Å². The van der Waals surface area contributed by atoms with Crippen LogP contribution in [0.5, 0.6) is 11.5 Å². The number of benzene rings is 2. The van der Waals surface area contributed by atoms with Crippen LogP contribution in [0.3, 0.4) is 0 Å². The minimum Gasteiger partial charge on any atom is -0.508 e. The van der Waals surface area contributed by atoms with Crippen molar-refractivity contribution in [2.75, 3.05) is 0 Å². The van der Waals surface area contributed by atoms with Crippen molar-refractivity contribution in [1.82, 2.24) is 0 Å². The van der Waals surface area contributed by atoms with Gasteiger partial charge >= 0.3 is 0 Å². The van der Waals surface area contributed by atoms with Crippen LogP contribution in [0, 0.1) is 20.2 Å². The van der Waals surface area contributed by atoms with Gasteiger partial charge < -0.3 is 14.9 Å². The fourth-order valence-electron chi connectivity index (χ4n) is 1.87. The van der Waals surface area contributed by atoms with Gasteiger partial charge in [0.05, 0.1) is 23.1 Å². The second kappa shape index (κ2) is 6.71. The van der Waals surface area contributed by atoms with Crippen LogP contribution in [0.1, 0.15) is 11.1 Å². The zero-order chi connectivity index (χ0) is 17.0. The Kier molecular flexibility index (Phi) is 4.72. The van der Waals surface area contributed by atoms with Crippen LogP contribution in [0.4, 0.5) is 11.4 Å². The Morgan fingerprint density at radius 3 is 1.57 bits per heavy atom. The summed E-state index contributed by atoms with van der Waals surface area (Å²) in [6.07, 6.45) is 0. The molecule has 0 radical (unpaired) electrons. The Labute approximate surface area is 129 Å². The van der Waals surface area contributed by atoms with Gasteiger partial charge in [-0.3, -0.25) is 20.2 Å². The molecule has 2 N–H and O–H groups in total. The van der Waals surface area contributed by atoms with Crippen LogP contribution < -0.4 is 0 Å². The first kappa shape index (κ1) is 16.2. The van der Waals surface area contributed by atoms with Crippen LogP contribution in [0.2, 0.25) is 0 Å². The van der Waals surface area contributed by atoms with Crippen molar-refractivity contribution in [2.24, 2.45) is 0 Å². The van der Waals surface area contributed by atoms with Crippen LogP contribution >= 0.6 is 0 Å². The largest absolute Gasteiger partial charge is 0.508 e. The van der Waals surface area contributed by atoms with Crippen molar-refractivity contribution in [3.8, 4) is 11.5 Å². The van der Waals surface area contributed by atoms with Gasteiger partial charge in [-0.2, -0.15) is 0 Å². The number of nitro benzene ring substituents is 2. The number of hydrogen-bond donors (Lipinski definition) is 2. The number of hydrogen-bond acceptors (Lipinski definition) is 7. The molecule has 2 aromatic carbocycles. The second-order valence-electron chi connectivity index (χ2n) is 4.63. The molecule has 0 amide bonds. The summed E-state index contributed by atoms with van der Waals surface area (Å²) in [7, 11) is 0. The molecule has 0 aromatic heterocycles. The number of rotatable bonds is 6. The van der Waals surface area contributed by atoms with Crippen molar-refractivity contribution in [1.29, 1.82) is 0 Å². The predicted molar refractivity (Wildman–Crippen MR) is 78.0 cm³/mol. The van der Waals surface area contributed by atoms with E-state index in [2.05, 4.69) is 0 Å². The third-order valence-corrected chi connectivity index (χ3v) is 3.06. The number of nitrogens with zero attached hydrogens (tertiary/aromatic N) is 2. The molecule has 0 atom stereocenters. The summed E-state index contributed by atoms with van der Waals surface area (Å²) in [5.74, 6) is -0.335. The normalized spacial score (nSPS) is 10.4. The molecule has 0 saturated carbocycles. The third-order valence-electron chi connectivity index (χ3n) is 3.06. The lowest BCUT2D eigenvalue weighted by molar-refractivity contribution is -0.385. The highest BCUT2D eigenvalue weighted by atomic mass is 16.6. The smallest absolute Gasteiger partial charge is 0.270 e. The molecule has 2 rings (SSSR count). The lowest BCUT2D eigenvalue weighted by Crippen LogP contribution is -1.98. The fraction of sp³-hybridized carbons (Fsp3) is 0.143. The van der Waals surface area contributed by atoms with E-state index in [9.17, 15) is 30.4 Å². The molecule has 0 unspecified atom stereocenters. The topological polar surface area (TPSA) is 136 Å². The number of aromatic hydroxyl groups is 2. The molecular weight excluding hydrogens is 308 g/mol. The minimum absolute atomic E-state index is 0.157. The van der Waals surface area contributed by atoms with E-state index in [0.29, 0.717) is 0 Å². The van der Waals surface area contributed by atoms with Gasteiger partial charge in [0.15, 0.2) is 0 Å². The molecule has 23 heavy (non-hydrogen) atoms. The number of nitro groups is 2. The fourth-order valence-corrected chi connectivity index (χ4v) is 1.87. The average molecular weight is 320 g/mol. The number of ether oxygens (including phenoxy) is 1. The van der Waals surface area contributed by atoms with E-state index in [1.54, 1.807) is 0 Å². The van der Waals surface area contributed by atoms with Gasteiger partial charge in [0.1, 0.15) is 11.5 Å². The van der Waals surface area contributed by atoms with Gasteiger partial charge in [0.2, 0.25) is 0 Å². The van der Waals surface area contributed by atoms with Crippen LogP contribution in [-0.4, -0.2) is 20.1 Å². The van der Waals surface area contributed by atoms with Crippen molar-refractivity contribution in [3.05, 3.63) is 67.8 Å². The summed E-state index contributed by atoms with van der Waals surface area (Å²) in [5, 5.41) is 40.7. The van der Waals surface area contributed by atoms with Gasteiger partial charge in [-0.05, 0) is 12.1 Å². The van der Waals surface area contributed by atoms with Crippen molar-refractivity contribution < 1.29 is 24.8 Å². The van der Waals surface area contributed by atoms with E-state index in [1.165, 1.54) is 24.3 Å². The first-order valence-electron chi connectivity index (χ1n) is 6.39. The second-order valence-corrected chi connectivity index (χ2v) is 4.63.